The van der Waals surface area contributed by atoms with E-state index < -0.39 is 24.0 Å². The third kappa shape index (κ3) is 5.15. The minimum Gasteiger partial charge on any atom is -0.546 e. The number of alkyl halides is 1. The number of carbonyl (C=O) groups excluding carboxylic acids is 2. The van der Waals surface area contributed by atoms with E-state index in [0.29, 0.717) is 0 Å². The molecule has 0 aromatic carbocycles. The van der Waals surface area contributed by atoms with Crippen molar-refractivity contribution in [3.8, 4) is 0 Å². The molecule has 0 spiro atoms. The Morgan fingerprint density at radius 3 is 1.69 bits per heavy atom. The van der Waals surface area contributed by atoms with Gasteiger partial charge in [0.1, 0.15) is 0 Å². The van der Waals surface area contributed by atoms with Crippen LogP contribution in [-0.2, 0) is 9.59 Å². The van der Waals surface area contributed by atoms with Crippen LogP contribution in [0.3, 0.4) is 0 Å². The summed E-state index contributed by atoms with van der Waals surface area (Å²) in [5.41, 5.74) is -3.46. The van der Waals surface area contributed by atoms with Crippen LogP contribution in [0.1, 0.15) is 6.42 Å². The van der Waals surface area contributed by atoms with E-state index in [0.717, 1.165) is 6.08 Å². The summed E-state index contributed by atoms with van der Waals surface area (Å²) in [6, 6.07) is 0. The molecule has 0 amide bonds. The average Bonchev–Trinajstić information content (AvgIpc) is 1.87. The Morgan fingerprint density at radius 1 is 1.31 bits per heavy atom. The second-order valence-electron chi connectivity index (χ2n) is 1.87. The van der Waals surface area contributed by atoms with Gasteiger partial charge in [-0.1, -0.05) is 6.08 Å². The van der Waals surface area contributed by atoms with Crippen molar-refractivity contribution in [2.75, 3.05) is 0 Å². The zero-order valence-electron chi connectivity index (χ0n) is 7.50. The molecular formula is C6H5FNa2O4. The molecule has 0 aromatic heterocycles. The molecule has 4 nitrogen and oxygen atoms in total. The van der Waals surface area contributed by atoms with Gasteiger partial charge in [-0.05, 0) is 0 Å². The SMILES string of the molecule is C=CCC(F)(C(=O)[O-])C(=O)[O-].[Na+].[Na+]. The van der Waals surface area contributed by atoms with Gasteiger partial charge in [-0.3, -0.25) is 0 Å². The van der Waals surface area contributed by atoms with Crippen molar-refractivity contribution in [1.82, 2.24) is 0 Å². The maximum atomic E-state index is 12.6. The van der Waals surface area contributed by atoms with E-state index >= 15 is 0 Å². The summed E-state index contributed by atoms with van der Waals surface area (Å²) < 4.78 is 12.6. The quantitative estimate of drug-likeness (QED) is 0.260. The molecule has 0 saturated heterocycles. The third-order valence-corrected chi connectivity index (χ3v) is 1.07. The fraction of sp³-hybridized carbons (Fsp3) is 0.333. The number of carboxylic acids is 2. The number of rotatable bonds is 4. The van der Waals surface area contributed by atoms with Crippen molar-refractivity contribution in [2.24, 2.45) is 0 Å². The molecule has 0 fully saturated rings. The topological polar surface area (TPSA) is 80.3 Å². The molecule has 0 radical (unpaired) electrons. The van der Waals surface area contributed by atoms with E-state index in [9.17, 15) is 24.2 Å². The Kier molecular flexibility index (Phi) is 11.8. The summed E-state index contributed by atoms with van der Waals surface area (Å²) >= 11 is 0. The first kappa shape index (κ1) is 19.2. The van der Waals surface area contributed by atoms with Crippen LogP contribution in [0.4, 0.5) is 4.39 Å². The fourth-order valence-corrected chi connectivity index (χ4v) is 0.449. The van der Waals surface area contributed by atoms with Gasteiger partial charge >= 0.3 is 59.1 Å². The predicted molar refractivity (Wildman–Crippen MR) is 28.7 cm³/mol. The van der Waals surface area contributed by atoms with Crippen molar-refractivity contribution in [2.45, 2.75) is 12.1 Å². The number of hydrogen-bond acceptors (Lipinski definition) is 4. The number of carbonyl (C=O) groups is 2. The van der Waals surface area contributed by atoms with Gasteiger partial charge in [0.15, 0.2) is 5.67 Å². The molecule has 0 aliphatic rings. The summed E-state index contributed by atoms with van der Waals surface area (Å²) in [5.74, 6) is -4.64. The molecule has 0 aromatic rings. The Bertz CT molecular complexity index is 193. The van der Waals surface area contributed by atoms with E-state index in [2.05, 4.69) is 6.58 Å². The first-order valence-corrected chi connectivity index (χ1v) is 2.68. The molecule has 0 atom stereocenters. The Hall–Kier alpha value is 0.610. The summed E-state index contributed by atoms with van der Waals surface area (Å²) in [4.78, 5) is 19.8. The van der Waals surface area contributed by atoms with Gasteiger partial charge < -0.3 is 19.8 Å². The third-order valence-electron chi connectivity index (χ3n) is 1.07. The van der Waals surface area contributed by atoms with Crippen LogP contribution in [0, 0.1) is 0 Å². The fourth-order valence-electron chi connectivity index (χ4n) is 0.449. The molecule has 0 saturated carbocycles. The smallest absolute Gasteiger partial charge is 0.546 e. The van der Waals surface area contributed by atoms with E-state index in [1.807, 2.05) is 0 Å². The van der Waals surface area contributed by atoms with E-state index in [4.69, 9.17) is 0 Å². The molecule has 0 aliphatic carbocycles. The van der Waals surface area contributed by atoms with Crippen LogP contribution < -0.4 is 69.3 Å². The van der Waals surface area contributed by atoms with Crippen molar-refractivity contribution >= 4 is 11.9 Å². The molecule has 7 heteroatoms. The van der Waals surface area contributed by atoms with Crippen LogP contribution in [0.25, 0.3) is 0 Å². The number of allylic oxidation sites excluding steroid dienone is 1. The maximum absolute atomic E-state index is 12.6. The van der Waals surface area contributed by atoms with E-state index in [1.165, 1.54) is 0 Å². The summed E-state index contributed by atoms with van der Waals surface area (Å²) in [5, 5.41) is 19.8. The van der Waals surface area contributed by atoms with Crippen molar-refractivity contribution < 1.29 is 83.3 Å². The van der Waals surface area contributed by atoms with Crippen molar-refractivity contribution in [3.05, 3.63) is 12.7 Å². The number of aliphatic carboxylic acids is 2. The Labute approximate surface area is 119 Å². The van der Waals surface area contributed by atoms with Gasteiger partial charge in [-0.2, -0.15) is 0 Å². The maximum Gasteiger partial charge on any atom is 1.00 e. The van der Waals surface area contributed by atoms with Gasteiger partial charge in [-0.25, -0.2) is 4.39 Å². The molecule has 62 valence electrons. The number of halogens is 1. The van der Waals surface area contributed by atoms with Crippen molar-refractivity contribution in [3.63, 3.8) is 0 Å². The zero-order chi connectivity index (χ0) is 9.07. The predicted octanol–water partition coefficient (Wildman–Crippen LogP) is -8.22. The minimum atomic E-state index is -3.46. The molecular weight excluding hydrogens is 201 g/mol. The van der Waals surface area contributed by atoms with Gasteiger partial charge in [0.25, 0.3) is 0 Å². The second kappa shape index (κ2) is 7.96. The largest absolute Gasteiger partial charge is 1.00 e. The second-order valence-corrected chi connectivity index (χ2v) is 1.87. The number of carboxylic acid groups (broad SMARTS) is 2. The molecule has 0 rings (SSSR count). The first-order chi connectivity index (χ1) is 4.95. The van der Waals surface area contributed by atoms with Gasteiger partial charge in [0.2, 0.25) is 0 Å². The monoisotopic (exact) mass is 206 g/mol. The average molecular weight is 206 g/mol. The van der Waals surface area contributed by atoms with Crippen LogP contribution in [-0.4, -0.2) is 17.6 Å². The van der Waals surface area contributed by atoms with Crippen LogP contribution in [0.15, 0.2) is 12.7 Å². The standard InChI is InChI=1S/C6H7FO4.2Na/c1-2-3-6(7,4(8)9)5(10)11;;/h2H,1,3H2,(H,8,9)(H,10,11);;/q;2*+1/p-2. The van der Waals surface area contributed by atoms with Crippen LogP contribution in [0.5, 0.6) is 0 Å². The Morgan fingerprint density at radius 2 is 1.62 bits per heavy atom. The summed E-state index contributed by atoms with van der Waals surface area (Å²) in [6.07, 6.45) is -0.0384. The van der Waals surface area contributed by atoms with Gasteiger partial charge in [0.05, 0.1) is 11.9 Å². The summed E-state index contributed by atoms with van der Waals surface area (Å²) in [6.45, 7) is 2.99. The Balaban J connectivity index is -0.000000500. The minimum absolute atomic E-state index is 0. The first-order valence-electron chi connectivity index (χ1n) is 2.68. The van der Waals surface area contributed by atoms with Crippen LogP contribution in [0.2, 0.25) is 0 Å². The van der Waals surface area contributed by atoms with Gasteiger partial charge in [-0.15, -0.1) is 6.58 Å². The zero-order valence-corrected chi connectivity index (χ0v) is 11.5. The van der Waals surface area contributed by atoms with E-state index in [1.54, 1.807) is 0 Å². The summed E-state index contributed by atoms with van der Waals surface area (Å²) in [7, 11) is 0. The van der Waals surface area contributed by atoms with Crippen LogP contribution >= 0.6 is 0 Å². The van der Waals surface area contributed by atoms with E-state index in [-0.39, 0.29) is 59.1 Å². The number of hydrogen-bond donors (Lipinski definition) is 0. The molecule has 0 unspecified atom stereocenters. The van der Waals surface area contributed by atoms with Gasteiger partial charge in [0, 0.05) is 6.42 Å². The molecule has 0 aliphatic heterocycles. The molecule has 13 heavy (non-hydrogen) atoms. The molecule has 0 heterocycles. The normalized spacial score (nSPS) is 9.00. The van der Waals surface area contributed by atoms with Crippen molar-refractivity contribution in [1.29, 1.82) is 0 Å². The molecule has 0 bridgehead atoms. The molecule has 0 N–H and O–H groups in total.